The van der Waals surface area contributed by atoms with Crippen molar-refractivity contribution in [1.82, 2.24) is 4.98 Å². The fourth-order valence-electron chi connectivity index (χ4n) is 1.77. The summed E-state index contributed by atoms with van der Waals surface area (Å²) >= 11 is 0. The van der Waals surface area contributed by atoms with E-state index < -0.39 is 0 Å². The van der Waals surface area contributed by atoms with Gasteiger partial charge in [0.15, 0.2) is 11.5 Å². The molecule has 0 radical (unpaired) electrons. The lowest BCUT2D eigenvalue weighted by atomic mass is 10.1. The highest BCUT2D eigenvalue weighted by Gasteiger charge is 2.09. The van der Waals surface area contributed by atoms with Crippen molar-refractivity contribution >= 4 is 11.1 Å². The molecule has 15 heavy (non-hydrogen) atoms. The molecule has 0 N–H and O–H groups in total. The van der Waals surface area contributed by atoms with Gasteiger partial charge in [-0.2, -0.15) is 0 Å². The molecule has 0 saturated heterocycles. The summed E-state index contributed by atoms with van der Waals surface area (Å²) < 4.78 is 5.79. The molecule has 2 nitrogen and oxygen atoms in total. The first-order valence-electron chi connectivity index (χ1n) is 5.58. The fraction of sp³-hybridized carbons (Fsp3) is 0.462. The molecule has 0 fully saturated rings. The minimum atomic E-state index is 0.586. The van der Waals surface area contributed by atoms with Crippen molar-refractivity contribution in [3.8, 4) is 0 Å². The van der Waals surface area contributed by atoms with E-state index in [0.29, 0.717) is 5.92 Å². The van der Waals surface area contributed by atoms with Crippen LogP contribution >= 0.6 is 0 Å². The van der Waals surface area contributed by atoms with Crippen molar-refractivity contribution in [2.45, 2.75) is 33.6 Å². The average molecular weight is 203 g/mol. The smallest absolute Gasteiger partial charge is 0.195 e. The molecule has 0 unspecified atom stereocenters. The average Bonchev–Trinajstić information content (AvgIpc) is 2.58. The lowest BCUT2D eigenvalue weighted by Crippen LogP contribution is -1.93. The highest BCUT2D eigenvalue weighted by atomic mass is 16.3. The van der Waals surface area contributed by atoms with E-state index in [1.807, 2.05) is 12.1 Å². The predicted octanol–water partition coefficient (Wildman–Crippen LogP) is 3.59. The van der Waals surface area contributed by atoms with E-state index in [4.69, 9.17) is 4.42 Å². The van der Waals surface area contributed by atoms with Crippen LogP contribution in [-0.4, -0.2) is 4.98 Å². The van der Waals surface area contributed by atoms with Gasteiger partial charge >= 0.3 is 0 Å². The van der Waals surface area contributed by atoms with Gasteiger partial charge in [-0.15, -0.1) is 0 Å². The third-order valence-electron chi connectivity index (χ3n) is 2.50. The van der Waals surface area contributed by atoms with Crippen molar-refractivity contribution in [2.75, 3.05) is 0 Å². The predicted molar refractivity (Wildman–Crippen MR) is 61.9 cm³/mol. The molecule has 0 aliphatic rings. The van der Waals surface area contributed by atoms with Crippen molar-refractivity contribution in [3.05, 3.63) is 29.7 Å². The van der Waals surface area contributed by atoms with Gasteiger partial charge in [-0.25, -0.2) is 4.98 Å². The molecule has 2 rings (SSSR count). The Labute approximate surface area is 90.3 Å². The van der Waals surface area contributed by atoms with Gasteiger partial charge in [-0.05, 0) is 24.0 Å². The van der Waals surface area contributed by atoms with Gasteiger partial charge in [0.25, 0.3) is 0 Å². The molecule has 2 aromatic rings. The number of aromatic nitrogens is 1. The van der Waals surface area contributed by atoms with Crippen molar-refractivity contribution < 1.29 is 4.42 Å². The Hall–Kier alpha value is -1.31. The Balaban J connectivity index is 2.45. The number of oxazole rings is 1. The number of nitrogens with zero attached hydrogens (tertiary/aromatic N) is 1. The van der Waals surface area contributed by atoms with E-state index in [2.05, 4.69) is 31.8 Å². The van der Waals surface area contributed by atoms with Crippen LogP contribution in [-0.2, 0) is 12.8 Å². The first kappa shape index (κ1) is 10.2. The number of benzene rings is 1. The normalized spacial score (nSPS) is 11.5. The van der Waals surface area contributed by atoms with Gasteiger partial charge < -0.3 is 4.42 Å². The Morgan fingerprint density at radius 1 is 1.33 bits per heavy atom. The molecule has 0 aliphatic heterocycles. The molecule has 1 aromatic heterocycles. The molecule has 1 aromatic carbocycles. The Kier molecular flexibility index (Phi) is 2.76. The zero-order valence-electron chi connectivity index (χ0n) is 9.58. The monoisotopic (exact) mass is 203 g/mol. The first-order chi connectivity index (χ1) is 7.20. The number of aryl methyl sites for hydroxylation is 1. The second-order valence-corrected chi connectivity index (χ2v) is 4.32. The first-order valence-corrected chi connectivity index (χ1v) is 5.58. The number of hydrogen-bond donors (Lipinski definition) is 0. The topological polar surface area (TPSA) is 26.0 Å². The van der Waals surface area contributed by atoms with Crippen LogP contribution in [0.3, 0.4) is 0 Å². The van der Waals surface area contributed by atoms with Crippen molar-refractivity contribution in [1.29, 1.82) is 0 Å². The highest BCUT2D eigenvalue weighted by molar-refractivity contribution is 5.76. The van der Waals surface area contributed by atoms with Gasteiger partial charge in [0.2, 0.25) is 0 Å². The maximum Gasteiger partial charge on any atom is 0.195 e. The van der Waals surface area contributed by atoms with Gasteiger partial charge in [-0.1, -0.05) is 32.9 Å². The van der Waals surface area contributed by atoms with Crippen LogP contribution < -0.4 is 0 Å². The number of para-hydroxylation sites is 1. The van der Waals surface area contributed by atoms with Crippen LogP contribution in [0.2, 0.25) is 0 Å². The van der Waals surface area contributed by atoms with Crippen LogP contribution in [0.1, 0.15) is 32.2 Å². The maximum absolute atomic E-state index is 5.79. The van der Waals surface area contributed by atoms with E-state index in [-0.39, 0.29) is 0 Å². The van der Waals surface area contributed by atoms with Gasteiger partial charge in [-0.3, -0.25) is 0 Å². The number of rotatable bonds is 3. The summed E-state index contributed by atoms with van der Waals surface area (Å²) in [5, 5.41) is 0. The molecule has 80 valence electrons. The number of fused-ring (bicyclic) bond motifs is 1. The summed E-state index contributed by atoms with van der Waals surface area (Å²) in [7, 11) is 0. The van der Waals surface area contributed by atoms with E-state index in [0.717, 1.165) is 29.8 Å². The van der Waals surface area contributed by atoms with Crippen LogP contribution in [0.5, 0.6) is 0 Å². The minimum absolute atomic E-state index is 0.586. The summed E-state index contributed by atoms with van der Waals surface area (Å²) in [4.78, 5) is 4.49. The van der Waals surface area contributed by atoms with Crippen LogP contribution in [0.4, 0.5) is 0 Å². The molecule has 0 amide bonds. The van der Waals surface area contributed by atoms with E-state index in [9.17, 15) is 0 Å². The second-order valence-electron chi connectivity index (χ2n) is 4.32. The zero-order chi connectivity index (χ0) is 10.8. The summed E-state index contributed by atoms with van der Waals surface area (Å²) in [6.07, 6.45) is 1.91. The van der Waals surface area contributed by atoms with Gasteiger partial charge in [0.05, 0.1) is 0 Å². The van der Waals surface area contributed by atoms with Crippen LogP contribution in [0.15, 0.2) is 22.6 Å². The largest absolute Gasteiger partial charge is 0.440 e. The molecular formula is C13H17NO. The maximum atomic E-state index is 5.79. The molecule has 0 saturated carbocycles. The van der Waals surface area contributed by atoms with Crippen LogP contribution in [0, 0.1) is 5.92 Å². The molecule has 0 aliphatic carbocycles. The third-order valence-corrected chi connectivity index (χ3v) is 2.50. The third kappa shape index (κ3) is 2.04. The quantitative estimate of drug-likeness (QED) is 0.762. The Morgan fingerprint density at radius 2 is 2.13 bits per heavy atom. The van der Waals surface area contributed by atoms with E-state index >= 15 is 0 Å². The summed E-state index contributed by atoms with van der Waals surface area (Å²) in [5.74, 6) is 1.45. The van der Waals surface area contributed by atoms with Gasteiger partial charge in [0, 0.05) is 6.42 Å². The lowest BCUT2D eigenvalue weighted by Gasteiger charge is -1.97. The van der Waals surface area contributed by atoms with Crippen LogP contribution in [0.25, 0.3) is 11.1 Å². The summed E-state index contributed by atoms with van der Waals surface area (Å²) in [6, 6.07) is 6.16. The molecule has 2 heteroatoms. The molecule has 0 spiro atoms. The van der Waals surface area contributed by atoms with Crippen molar-refractivity contribution in [2.24, 2.45) is 5.92 Å². The Bertz CT molecular complexity index is 457. The molecule has 0 bridgehead atoms. The number of hydrogen-bond acceptors (Lipinski definition) is 2. The highest BCUT2D eigenvalue weighted by Crippen LogP contribution is 2.21. The SMILES string of the molecule is CCc1cccc2nc(CC(C)C)oc12. The molecule has 1 heterocycles. The molecule has 0 atom stereocenters. The summed E-state index contributed by atoms with van der Waals surface area (Å²) in [6.45, 7) is 6.49. The second kappa shape index (κ2) is 4.05. The summed E-state index contributed by atoms with van der Waals surface area (Å²) in [5.41, 5.74) is 3.20. The Morgan fingerprint density at radius 3 is 2.80 bits per heavy atom. The fourth-order valence-corrected chi connectivity index (χ4v) is 1.77. The standard InChI is InChI=1S/C13H17NO/c1-4-10-6-5-7-11-13(10)15-12(14-11)8-9(2)3/h5-7,9H,4,8H2,1-3H3. The lowest BCUT2D eigenvalue weighted by molar-refractivity contribution is 0.481. The minimum Gasteiger partial charge on any atom is -0.440 e. The van der Waals surface area contributed by atoms with Gasteiger partial charge in [0.1, 0.15) is 5.52 Å². The van der Waals surface area contributed by atoms with E-state index in [1.165, 1.54) is 5.56 Å². The van der Waals surface area contributed by atoms with E-state index in [1.54, 1.807) is 0 Å². The zero-order valence-corrected chi connectivity index (χ0v) is 9.58. The molecular weight excluding hydrogens is 186 g/mol. The van der Waals surface area contributed by atoms with Crippen molar-refractivity contribution in [3.63, 3.8) is 0 Å².